The average molecular weight is 440 g/mol. The summed E-state index contributed by atoms with van der Waals surface area (Å²) in [6.45, 7) is 4.05. The number of hydrogen-bond acceptors (Lipinski definition) is 5. The predicted molar refractivity (Wildman–Crippen MR) is 117 cm³/mol. The van der Waals surface area contributed by atoms with Crippen LogP contribution >= 0.6 is 0 Å². The molecule has 2 saturated heterocycles. The van der Waals surface area contributed by atoms with Crippen LogP contribution < -0.4 is 10.3 Å². The molecule has 168 valence electrons. The molecule has 5 rings (SSSR count). The molecule has 1 aromatic carbocycles. The van der Waals surface area contributed by atoms with Crippen molar-refractivity contribution >= 4 is 17.1 Å². The second kappa shape index (κ2) is 8.48. The highest BCUT2D eigenvalue weighted by Gasteiger charge is 2.29. The first kappa shape index (κ1) is 20.8. The molecule has 0 aliphatic carbocycles. The number of aromatic nitrogens is 2. The molecule has 9 heteroatoms. The molecule has 0 spiro atoms. The second-order valence-corrected chi connectivity index (χ2v) is 8.52. The molecule has 1 atom stereocenters. The fourth-order valence-corrected chi connectivity index (χ4v) is 4.61. The monoisotopic (exact) mass is 440 g/mol. The highest BCUT2D eigenvalue weighted by Crippen LogP contribution is 2.38. The van der Waals surface area contributed by atoms with E-state index in [0.29, 0.717) is 16.6 Å². The van der Waals surface area contributed by atoms with Gasteiger partial charge in [0.15, 0.2) is 0 Å². The lowest BCUT2D eigenvalue weighted by atomic mass is 10.0. The summed E-state index contributed by atoms with van der Waals surface area (Å²) in [6.07, 6.45) is 4.98. The number of halogens is 2. The number of pyridine rings is 1. The summed E-state index contributed by atoms with van der Waals surface area (Å²) in [5.41, 5.74) is 5.37. The lowest BCUT2D eigenvalue weighted by molar-refractivity contribution is 0.0664. The Morgan fingerprint density at radius 3 is 2.72 bits per heavy atom. The van der Waals surface area contributed by atoms with E-state index >= 15 is 0 Å². The summed E-state index contributed by atoms with van der Waals surface area (Å²) in [4.78, 5) is 17.2. The fraction of sp³-hybridized carbons (Fsp3) is 0.391. The Bertz CT molecular complexity index is 1140. The molecule has 1 amide bonds. The van der Waals surface area contributed by atoms with E-state index in [1.807, 2.05) is 17.1 Å². The number of carbonyl (C=O) groups is 1. The minimum absolute atomic E-state index is 0.198. The number of nitrogens with zero attached hydrogens (tertiary/aromatic N) is 5. The van der Waals surface area contributed by atoms with E-state index in [9.17, 15) is 13.6 Å². The number of nitrogens with one attached hydrogen (secondary N) is 1. The summed E-state index contributed by atoms with van der Waals surface area (Å²) in [5, 5.41) is 6.25. The van der Waals surface area contributed by atoms with E-state index in [-0.39, 0.29) is 11.9 Å². The van der Waals surface area contributed by atoms with Crippen LogP contribution in [0.2, 0.25) is 0 Å². The van der Waals surface area contributed by atoms with Gasteiger partial charge in [0.25, 0.3) is 5.91 Å². The molecular weight excluding hydrogens is 414 g/mol. The molecule has 2 aliphatic rings. The summed E-state index contributed by atoms with van der Waals surface area (Å²) in [7, 11) is 2.06. The summed E-state index contributed by atoms with van der Waals surface area (Å²) in [5.74, 6) is -1.04. The third-order valence-electron chi connectivity index (χ3n) is 6.41. The van der Waals surface area contributed by atoms with Crippen molar-refractivity contribution in [1.82, 2.24) is 24.9 Å². The van der Waals surface area contributed by atoms with Gasteiger partial charge in [0.05, 0.1) is 23.3 Å². The van der Waals surface area contributed by atoms with E-state index in [1.165, 1.54) is 12.1 Å². The van der Waals surface area contributed by atoms with Crippen molar-refractivity contribution in [2.45, 2.75) is 18.9 Å². The second-order valence-electron chi connectivity index (χ2n) is 8.52. The van der Waals surface area contributed by atoms with E-state index in [2.05, 4.69) is 27.4 Å². The van der Waals surface area contributed by atoms with E-state index in [4.69, 9.17) is 0 Å². The molecule has 0 radical (unpaired) electrons. The molecule has 4 heterocycles. The predicted octanol–water partition coefficient (Wildman–Crippen LogP) is 2.85. The Morgan fingerprint density at radius 2 is 1.91 bits per heavy atom. The molecule has 1 unspecified atom stereocenters. The van der Waals surface area contributed by atoms with E-state index in [1.54, 1.807) is 16.9 Å². The fourth-order valence-electron chi connectivity index (χ4n) is 4.61. The molecule has 1 N–H and O–H groups in total. The van der Waals surface area contributed by atoms with Gasteiger partial charge in [-0.15, -0.1) is 0 Å². The van der Waals surface area contributed by atoms with E-state index in [0.717, 1.165) is 57.3 Å². The van der Waals surface area contributed by atoms with Gasteiger partial charge in [-0.05, 0) is 50.2 Å². The Hall–Kier alpha value is -3.04. The Balaban J connectivity index is 1.42. The SMILES string of the molecule is CN1CCN(NC(=O)c2cnn3ccc(N4CCCC4c4cc(F)ccc4F)cc23)CC1. The summed E-state index contributed by atoms with van der Waals surface area (Å²) < 4.78 is 29.9. The van der Waals surface area contributed by atoms with Gasteiger partial charge in [-0.3, -0.25) is 10.2 Å². The van der Waals surface area contributed by atoms with Crippen molar-refractivity contribution in [3.63, 3.8) is 0 Å². The van der Waals surface area contributed by atoms with Crippen molar-refractivity contribution < 1.29 is 13.6 Å². The number of hydrogen-bond donors (Lipinski definition) is 1. The van der Waals surface area contributed by atoms with Crippen LogP contribution in [0.5, 0.6) is 0 Å². The number of likely N-dealkylation sites (N-methyl/N-ethyl adjacent to an activating group) is 1. The molecule has 32 heavy (non-hydrogen) atoms. The van der Waals surface area contributed by atoms with Crippen LogP contribution in [0.4, 0.5) is 14.5 Å². The Kier molecular flexibility index (Phi) is 5.52. The molecule has 2 aliphatic heterocycles. The van der Waals surface area contributed by atoms with Gasteiger partial charge >= 0.3 is 0 Å². The number of benzene rings is 1. The molecule has 0 saturated carbocycles. The van der Waals surface area contributed by atoms with Gasteiger partial charge in [-0.1, -0.05) is 0 Å². The van der Waals surface area contributed by atoms with Crippen molar-refractivity contribution in [2.24, 2.45) is 0 Å². The van der Waals surface area contributed by atoms with Crippen LogP contribution in [0.3, 0.4) is 0 Å². The zero-order valence-corrected chi connectivity index (χ0v) is 18.0. The maximum Gasteiger partial charge on any atom is 0.269 e. The number of rotatable bonds is 4. The number of fused-ring (bicyclic) bond motifs is 1. The van der Waals surface area contributed by atoms with Gasteiger partial charge in [0.1, 0.15) is 11.6 Å². The lowest BCUT2D eigenvalue weighted by Crippen LogP contribution is -2.52. The van der Waals surface area contributed by atoms with Gasteiger partial charge in [-0.25, -0.2) is 18.3 Å². The minimum Gasteiger partial charge on any atom is -0.364 e. The zero-order valence-electron chi connectivity index (χ0n) is 18.0. The maximum atomic E-state index is 14.5. The molecule has 0 bridgehead atoms. The molecule has 7 nitrogen and oxygen atoms in total. The molecule has 2 aromatic heterocycles. The Labute approximate surface area is 185 Å². The average Bonchev–Trinajstić information content (AvgIpc) is 3.43. The van der Waals surface area contributed by atoms with Crippen LogP contribution in [-0.2, 0) is 0 Å². The normalized spacial score (nSPS) is 20.2. The van der Waals surface area contributed by atoms with Gasteiger partial charge < -0.3 is 9.80 Å². The molecular formula is C23H26F2N6O. The quantitative estimate of drug-likeness (QED) is 0.676. The number of carbonyl (C=O) groups excluding carboxylic acids is 1. The third-order valence-corrected chi connectivity index (χ3v) is 6.41. The van der Waals surface area contributed by atoms with Gasteiger partial charge in [0.2, 0.25) is 0 Å². The number of anilines is 1. The number of hydrazine groups is 1. The van der Waals surface area contributed by atoms with Crippen LogP contribution in [0.15, 0.2) is 42.7 Å². The topological polar surface area (TPSA) is 56.1 Å². The van der Waals surface area contributed by atoms with Crippen LogP contribution in [0.25, 0.3) is 5.52 Å². The first-order chi connectivity index (χ1) is 15.5. The zero-order chi connectivity index (χ0) is 22.2. The van der Waals surface area contributed by atoms with Gasteiger partial charge in [0, 0.05) is 50.2 Å². The maximum absolute atomic E-state index is 14.5. The van der Waals surface area contributed by atoms with Crippen LogP contribution in [-0.4, -0.2) is 65.2 Å². The number of amides is 1. The van der Waals surface area contributed by atoms with Crippen LogP contribution in [0.1, 0.15) is 34.8 Å². The van der Waals surface area contributed by atoms with Crippen molar-refractivity contribution in [1.29, 1.82) is 0 Å². The standard InChI is InChI=1S/C23H26F2N6O/c1-28-9-11-29(12-10-28)27-23(32)19-15-26-31-8-6-17(14-22(19)31)30-7-2-3-21(30)18-13-16(24)4-5-20(18)25/h4-6,8,13-15,21H,2-3,7,9-12H2,1H3,(H,27,32). The first-order valence-corrected chi connectivity index (χ1v) is 10.9. The number of piperazine rings is 1. The first-order valence-electron chi connectivity index (χ1n) is 10.9. The largest absolute Gasteiger partial charge is 0.364 e. The molecule has 2 fully saturated rings. The van der Waals surface area contributed by atoms with Crippen LogP contribution in [0, 0.1) is 11.6 Å². The summed E-state index contributed by atoms with van der Waals surface area (Å²) in [6, 6.07) is 7.16. The highest BCUT2D eigenvalue weighted by molar-refractivity contribution is 6.00. The third kappa shape index (κ3) is 3.93. The Morgan fingerprint density at radius 1 is 1.09 bits per heavy atom. The van der Waals surface area contributed by atoms with E-state index < -0.39 is 11.6 Å². The smallest absolute Gasteiger partial charge is 0.269 e. The minimum atomic E-state index is -0.442. The van der Waals surface area contributed by atoms with Gasteiger partial charge in [-0.2, -0.15) is 5.10 Å². The summed E-state index contributed by atoms with van der Waals surface area (Å²) >= 11 is 0. The molecule has 3 aromatic rings. The highest BCUT2D eigenvalue weighted by atomic mass is 19.1. The van der Waals surface area contributed by atoms with Crippen molar-refractivity contribution in [3.8, 4) is 0 Å². The lowest BCUT2D eigenvalue weighted by Gasteiger charge is -2.32. The van der Waals surface area contributed by atoms with Crippen molar-refractivity contribution in [2.75, 3.05) is 44.7 Å². The van der Waals surface area contributed by atoms with Crippen molar-refractivity contribution in [3.05, 3.63) is 65.5 Å².